The number of nitrogens with zero attached hydrogens (tertiary/aromatic N) is 3. The lowest BCUT2D eigenvalue weighted by Gasteiger charge is -2.11. The van der Waals surface area contributed by atoms with Crippen LogP contribution in [-0.4, -0.2) is 14.8 Å². The third-order valence-electron chi connectivity index (χ3n) is 3.23. The number of hydrogen-bond acceptors (Lipinski definition) is 2. The Bertz CT molecular complexity index is 588. The molecular formula is C14H14FN3. The van der Waals surface area contributed by atoms with Crippen LogP contribution >= 0.6 is 0 Å². The number of fused-ring (bicyclic) bond motifs is 1. The summed E-state index contributed by atoms with van der Waals surface area (Å²) >= 11 is 0. The first-order valence-electron chi connectivity index (χ1n) is 5.98. The molecule has 0 N–H and O–H groups in total. The molecule has 2 aromatic rings. The van der Waals surface area contributed by atoms with Crippen LogP contribution in [0.3, 0.4) is 0 Å². The molecule has 3 rings (SSSR count). The van der Waals surface area contributed by atoms with Crippen LogP contribution in [0.4, 0.5) is 4.39 Å². The zero-order valence-corrected chi connectivity index (χ0v) is 10.2. The van der Waals surface area contributed by atoms with Gasteiger partial charge < -0.3 is 0 Å². The number of hydrogen-bond donors (Lipinski definition) is 0. The van der Waals surface area contributed by atoms with Crippen LogP contribution in [0.15, 0.2) is 36.9 Å². The Kier molecular flexibility index (Phi) is 2.51. The van der Waals surface area contributed by atoms with Gasteiger partial charge in [0.15, 0.2) is 17.8 Å². The van der Waals surface area contributed by atoms with Gasteiger partial charge in [0.2, 0.25) is 0 Å². The summed E-state index contributed by atoms with van der Waals surface area (Å²) in [5.41, 5.74) is 1.83. The van der Waals surface area contributed by atoms with Gasteiger partial charge in [0.25, 0.3) is 0 Å². The number of alkyl halides is 1. The van der Waals surface area contributed by atoms with E-state index in [-0.39, 0.29) is 6.04 Å². The predicted octanol–water partition coefficient (Wildman–Crippen LogP) is 3.31. The molecule has 1 aromatic heterocycles. The second-order valence-corrected chi connectivity index (χ2v) is 4.65. The first kappa shape index (κ1) is 11.1. The van der Waals surface area contributed by atoms with E-state index < -0.39 is 6.17 Å². The lowest BCUT2D eigenvalue weighted by molar-refractivity contribution is 0.328. The summed E-state index contributed by atoms with van der Waals surface area (Å²) in [6.45, 7) is 5.63. The lowest BCUT2D eigenvalue weighted by atomic mass is 10.0. The molecule has 2 heterocycles. The van der Waals surface area contributed by atoms with Crippen molar-refractivity contribution >= 4 is 5.57 Å². The van der Waals surface area contributed by atoms with Gasteiger partial charge in [-0.05, 0) is 18.1 Å². The van der Waals surface area contributed by atoms with Gasteiger partial charge in [-0.1, -0.05) is 36.9 Å². The Hall–Kier alpha value is -1.97. The summed E-state index contributed by atoms with van der Waals surface area (Å²) in [4.78, 5) is 4.22. The monoisotopic (exact) mass is 243 g/mol. The van der Waals surface area contributed by atoms with E-state index in [9.17, 15) is 4.39 Å². The van der Waals surface area contributed by atoms with Gasteiger partial charge in [0.1, 0.15) is 0 Å². The van der Waals surface area contributed by atoms with Crippen LogP contribution in [0.5, 0.6) is 0 Å². The number of benzene rings is 1. The fourth-order valence-electron chi connectivity index (χ4n) is 2.31. The molecule has 1 aromatic carbocycles. The van der Waals surface area contributed by atoms with Crippen LogP contribution in [0.1, 0.15) is 42.8 Å². The van der Waals surface area contributed by atoms with Crippen LogP contribution in [0, 0.1) is 0 Å². The SMILES string of the molecule is C=C(C)c1nc2n(n1)C(c1ccccc1)CC2F. The Morgan fingerprint density at radius 2 is 2.11 bits per heavy atom. The van der Waals surface area contributed by atoms with E-state index >= 15 is 0 Å². The standard InChI is InChI=1S/C14H14FN3/c1-9(2)13-16-14-11(15)8-12(18(14)17-13)10-6-4-3-5-7-10/h3-7,11-12H,1,8H2,2H3. The van der Waals surface area contributed by atoms with Gasteiger partial charge in [0.05, 0.1) is 6.04 Å². The molecular weight excluding hydrogens is 229 g/mol. The maximum atomic E-state index is 14.0. The van der Waals surface area contributed by atoms with Crippen molar-refractivity contribution in [3.05, 3.63) is 54.1 Å². The van der Waals surface area contributed by atoms with Crippen LogP contribution in [0.25, 0.3) is 5.57 Å². The van der Waals surface area contributed by atoms with Crippen LogP contribution < -0.4 is 0 Å². The molecule has 0 saturated carbocycles. The first-order valence-corrected chi connectivity index (χ1v) is 5.98. The highest BCUT2D eigenvalue weighted by Gasteiger charge is 2.35. The fraction of sp³-hybridized carbons (Fsp3) is 0.286. The minimum Gasteiger partial charge on any atom is -0.239 e. The zero-order valence-electron chi connectivity index (χ0n) is 10.2. The van der Waals surface area contributed by atoms with Gasteiger partial charge in [-0.15, -0.1) is 0 Å². The highest BCUT2D eigenvalue weighted by atomic mass is 19.1. The molecule has 2 atom stereocenters. The summed E-state index contributed by atoms with van der Waals surface area (Å²) in [6, 6.07) is 9.79. The number of rotatable bonds is 2. The second kappa shape index (κ2) is 4.05. The summed E-state index contributed by atoms with van der Waals surface area (Å²) in [7, 11) is 0. The molecule has 0 fully saturated rings. The highest BCUT2D eigenvalue weighted by molar-refractivity contribution is 5.54. The molecule has 0 bridgehead atoms. The van der Waals surface area contributed by atoms with E-state index in [1.54, 1.807) is 4.68 Å². The molecule has 2 unspecified atom stereocenters. The van der Waals surface area contributed by atoms with E-state index in [0.717, 1.165) is 11.1 Å². The molecule has 18 heavy (non-hydrogen) atoms. The van der Waals surface area contributed by atoms with E-state index in [1.807, 2.05) is 37.3 Å². The van der Waals surface area contributed by atoms with E-state index in [1.165, 1.54) is 0 Å². The minimum absolute atomic E-state index is 0.0585. The van der Waals surface area contributed by atoms with Gasteiger partial charge in [0, 0.05) is 6.42 Å². The van der Waals surface area contributed by atoms with Gasteiger partial charge >= 0.3 is 0 Å². The lowest BCUT2D eigenvalue weighted by Crippen LogP contribution is -2.07. The normalized spacial score (nSPS) is 21.9. The zero-order chi connectivity index (χ0) is 12.7. The molecule has 3 nitrogen and oxygen atoms in total. The Morgan fingerprint density at radius 1 is 1.39 bits per heavy atom. The van der Waals surface area contributed by atoms with E-state index in [4.69, 9.17) is 0 Å². The Labute approximate surface area is 105 Å². The van der Waals surface area contributed by atoms with Crippen LogP contribution in [-0.2, 0) is 0 Å². The summed E-state index contributed by atoms with van der Waals surface area (Å²) < 4.78 is 15.7. The van der Waals surface area contributed by atoms with E-state index in [0.29, 0.717) is 18.1 Å². The van der Waals surface area contributed by atoms with Crippen molar-refractivity contribution in [2.75, 3.05) is 0 Å². The maximum Gasteiger partial charge on any atom is 0.176 e. The second-order valence-electron chi connectivity index (χ2n) is 4.65. The molecule has 0 aliphatic carbocycles. The largest absolute Gasteiger partial charge is 0.239 e. The average molecular weight is 243 g/mol. The third kappa shape index (κ3) is 1.65. The predicted molar refractivity (Wildman–Crippen MR) is 67.8 cm³/mol. The van der Waals surface area contributed by atoms with Gasteiger partial charge in [-0.2, -0.15) is 5.10 Å². The van der Waals surface area contributed by atoms with Crippen molar-refractivity contribution in [3.8, 4) is 0 Å². The van der Waals surface area contributed by atoms with Crippen molar-refractivity contribution in [2.24, 2.45) is 0 Å². The maximum absolute atomic E-state index is 14.0. The van der Waals surface area contributed by atoms with Crippen molar-refractivity contribution in [1.29, 1.82) is 0 Å². The van der Waals surface area contributed by atoms with Crippen molar-refractivity contribution < 1.29 is 4.39 Å². The first-order chi connectivity index (χ1) is 8.66. The summed E-state index contributed by atoms with van der Waals surface area (Å²) in [6.07, 6.45) is -0.633. The van der Waals surface area contributed by atoms with Gasteiger partial charge in [-0.25, -0.2) is 14.1 Å². The number of allylic oxidation sites excluding steroid dienone is 1. The topological polar surface area (TPSA) is 30.7 Å². The summed E-state index contributed by atoms with van der Waals surface area (Å²) in [5.74, 6) is 0.954. The third-order valence-corrected chi connectivity index (χ3v) is 3.23. The van der Waals surface area contributed by atoms with Crippen molar-refractivity contribution in [1.82, 2.24) is 14.8 Å². The Morgan fingerprint density at radius 3 is 2.78 bits per heavy atom. The average Bonchev–Trinajstić information content (AvgIpc) is 2.92. The fourth-order valence-corrected chi connectivity index (χ4v) is 2.31. The smallest absolute Gasteiger partial charge is 0.176 e. The molecule has 0 radical (unpaired) electrons. The minimum atomic E-state index is -1.05. The summed E-state index contributed by atoms with van der Waals surface area (Å²) in [5, 5.41) is 4.36. The quantitative estimate of drug-likeness (QED) is 0.810. The number of halogens is 1. The molecule has 0 amide bonds. The highest BCUT2D eigenvalue weighted by Crippen LogP contribution is 2.39. The van der Waals surface area contributed by atoms with Crippen molar-refractivity contribution in [2.45, 2.75) is 25.6 Å². The van der Waals surface area contributed by atoms with Crippen LogP contribution in [0.2, 0.25) is 0 Å². The van der Waals surface area contributed by atoms with Gasteiger partial charge in [-0.3, -0.25) is 0 Å². The van der Waals surface area contributed by atoms with Crippen molar-refractivity contribution in [3.63, 3.8) is 0 Å². The number of aromatic nitrogens is 3. The molecule has 0 saturated heterocycles. The Balaban J connectivity index is 2.05. The molecule has 1 aliphatic rings. The molecule has 0 spiro atoms. The molecule has 1 aliphatic heterocycles. The molecule has 92 valence electrons. The molecule has 4 heteroatoms. The van der Waals surface area contributed by atoms with E-state index in [2.05, 4.69) is 16.7 Å².